The summed E-state index contributed by atoms with van der Waals surface area (Å²) in [7, 11) is 0. The maximum atomic E-state index is 7.77. The van der Waals surface area contributed by atoms with E-state index < -0.39 is 0 Å². The van der Waals surface area contributed by atoms with Gasteiger partial charge in [0.2, 0.25) is 0 Å². The Morgan fingerprint density at radius 1 is 1.00 bits per heavy atom. The zero-order chi connectivity index (χ0) is 9.54. The van der Waals surface area contributed by atoms with E-state index in [-0.39, 0.29) is 34.4 Å². The van der Waals surface area contributed by atoms with Gasteiger partial charge >= 0.3 is 31.0 Å². The van der Waals surface area contributed by atoms with Crippen LogP contribution in [0.1, 0.15) is 0 Å². The standard InChI is InChI=1S/2C2H6OS.2CH3.Sn/c2*3-1-2-4;;;/h2*3-4H,1-2H2;2*1H3;/q;;;;+2/p-2. The molecule has 0 aromatic carbocycles. The van der Waals surface area contributed by atoms with Crippen molar-refractivity contribution in [3.63, 3.8) is 0 Å². The predicted octanol–water partition coefficient (Wildman–Crippen LogP) is -0.162. The van der Waals surface area contributed by atoms with Gasteiger partial charge in [-0.15, -0.1) is 0 Å². The van der Waals surface area contributed by atoms with E-state index in [1.807, 2.05) is 0 Å². The van der Waals surface area contributed by atoms with Gasteiger partial charge in [0.15, 0.2) is 0 Å². The Kier molecular flexibility index (Phi) is 49.9. The van der Waals surface area contributed by atoms with Crippen LogP contribution in [0.25, 0.3) is 0 Å². The molecule has 0 rings (SSSR count). The molecule has 0 aromatic heterocycles. The molecule has 0 spiro atoms. The van der Waals surface area contributed by atoms with Gasteiger partial charge in [-0.2, -0.15) is 11.5 Å². The second kappa shape index (κ2) is 30.1. The maximum absolute atomic E-state index is 7.77. The molecule has 0 aliphatic rings. The summed E-state index contributed by atoms with van der Waals surface area (Å²) in [5, 5.41) is 15.5. The van der Waals surface area contributed by atoms with Gasteiger partial charge in [0.25, 0.3) is 0 Å². The molecule has 5 heteroatoms. The fraction of sp³-hybridized carbons (Fsp3) is 1.00. The summed E-state index contributed by atoms with van der Waals surface area (Å²) in [4.78, 5) is 4.59. The SMILES string of the molecule is OCC[S-].OCC[S-].[CH3][Sn+2][CH3]. The molecule has 0 aliphatic heterocycles. The zero-order valence-corrected chi connectivity index (χ0v) is 11.5. The fourth-order valence-corrected chi connectivity index (χ4v) is 0. The van der Waals surface area contributed by atoms with Crippen molar-refractivity contribution in [2.45, 2.75) is 9.88 Å². The third kappa shape index (κ3) is 86.7. The van der Waals surface area contributed by atoms with E-state index in [1.165, 1.54) is 0 Å². The molecule has 0 fully saturated rings. The van der Waals surface area contributed by atoms with Crippen LogP contribution in [0.2, 0.25) is 9.88 Å². The van der Waals surface area contributed by atoms with Crippen LogP contribution < -0.4 is 0 Å². The minimum absolute atomic E-state index is 0.134. The first-order chi connectivity index (χ1) is 5.24. The van der Waals surface area contributed by atoms with E-state index in [1.54, 1.807) is 0 Å². The molecule has 68 valence electrons. The molecule has 0 aromatic rings. The van der Waals surface area contributed by atoms with Crippen LogP contribution in [0.4, 0.5) is 0 Å². The van der Waals surface area contributed by atoms with E-state index >= 15 is 0 Å². The molecule has 0 saturated carbocycles. The predicted molar refractivity (Wildman–Crippen MR) is 56.1 cm³/mol. The van der Waals surface area contributed by atoms with Gasteiger partial charge in [-0.3, -0.25) is 0 Å². The normalized spacial score (nSPS) is 6.36. The number of hydrogen-bond acceptors (Lipinski definition) is 4. The van der Waals surface area contributed by atoms with Gasteiger partial charge < -0.3 is 35.5 Å². The van der Waals surface area contributed by atoms with E-state index in [9.17, 15) is 0 Å². The molecule has 0 amide bonds. The van der Waals surface area contributed by atoms with Crippen LogP contribution >= 0.6 is 0 Å². The molecule has 0 bridgehead atoms. The number of aliphatic hydroxyl groups is 2. The van der Waals surface area contributed by atoms with Gasteiger partial charge in [0.1, 0.15) is 0 Å². The van der Waals surface area contributed by atoms with Crippen molar-refractivity contribution < 1.29 is 10.2 Å². The Bertz CT molecular complexity index is 33.8. The Morgan fingerprint density at radius 3 is 1.09 bits per heavy atom. The van der Waals surface area contributed by atoms with Gasteiger partial charge in [0, 0.05) is 13.2 Å². The summed E-state index contributed by atoms with van der Waals surface area (Å²) in [5.74, 6) is 0.917. The minimum atomic E-state index is 0.134. The van der Waals surface area contributed by atoms with Crippen molar-refractivity contribution in [1.29, 1.82) is 0 Å². The van der Waals surface area contributed by atoms with Crippen LogP contribution in [0.3, 0.4) is 0 Å². The van der Waals surface area contributed by atoms with Crippen molar-refractivity contribution in [3.05, 3.63) is 0 Å². The molecule has 0 heterocycles. The van der Waals surface area contributed by atoms with Gasteiger partial charge in [-0.25, -0.2) is 0 Å². The van der Waals surface area contributed by atoms with E-state index in [4.69, 9.17) is 10.2 Å². The second-order valence-corrected chi connectivity index (χ2v) is 5.03. The van der Waals surface area contributed by atoms with Crippen LogP contribution in [0.5, 0.6) is 0 Å². The third-order valence-electron chi connectivity index (χ3n) is 0.183. The topological polar surface area (TPSA) is 40.5 Å². The Hall–Kier alpha value is 1.42. The molecule has 0 atom stereocenters. The first-order valence-corrected chi connectivity index (χ1v) is 10.1. The average Bonchev–Trinajstić information content (AvgIpc) is 2.06. The van der Waals surface area contributed by atoms with E-state index in [0.29, 0.717) is 11.5 Å². The van der Waals surface area contributed by atoms with Crippen molar-refractivity contribution >= 4 is 46.4 Å². The average molecular weight is 303 g/mol. The van der Waals surface area contributed by atoms with E-state index in [2.05, 4.69) is 35.1 Å². The number of rotatable bonds is 2. The molecule has 0 radical (unpaired) electrons. The number of hydrogen-bond donors (Lipinski definition) is 2. The van der Waals surface area contributed by atoms with Gasteiger partial charge in [0.05, 0.1) is 0 Å². The van der Waals surface area contributed by atoms with Crippen molar-refractivity contribution in [1.82, 2.24) is 0 Å². The fourth-order valence-electron chi connectivity index (χ4n) is 0. The van der Waals surface area contributed by atoms with Gasteiger partial charge in [-0.1, -0.05) is 0 Å². The molecule has 11 heavy (non-hydrogen) atoms. The summed E-state index contributed by atoms with van der Waals surface area (Å²) in [5.41, 5.74) is 0. The molecule has 2 nitrogen and oxygen atoms in total. The first kappa shape index (κ1) is 18.3. The molecular formula is C6H16O2S2Sn. The molecule has 0 saturated heterocycles. The van der Waals surface area contributed by atoms with Crippen LogP contribution in [0.15, 0.2) is 0 Å². The van der Waals surface area contributed by atoms with Crippen molar-refractivity contribution in [3.8, 4) is 0 Å². The second-order valence-electron chi connectivity index (χ2n) is 1.36. The van der Waals surface area contributed by atoms with Crippen molar-refractivity contribution in [2.24, 2.45) is 0 Å². The summed E-state index contributed by atoms with van der Waals surface area (Å²) >= 11 is 8.84. The Morgan fingerprint density at radius 2 is 1.09 bits per heavy atom. The summed E-state index contributed by atoms with van der Waals surface area (Å²) < 4.78 is 0. The van der Waals surface area contributed by atoms with Crippen LogP contribution in [-0.4, -0.2) is 56.1 Å². The molecule has 0 unspecified atom stereocenters. The molecular weight excluding hydrogens is 287 g/mol. The van der Waals surface area contributed by atoms with E-state index in [0.717, 1.165) is 0 Å². The number of aliphatic hydroxyl groups excluding tert-OH is 2. The van der Waals surface area contributed by atoms with Crippen LogP contribution in [-0.2, 0) is 25.3 Å². The third-order valence-corrected chi connectivity index (χ3v) is 0.548. The quantitative estimate of drug-likeness (QED) is 0.549. The molecule has 0 aliphatic carbocycles. The first-order valence-electron chi connectivity index (χ1n) is 3.21. The monoisotopic (exact) mass is 304 g/mol. The Balaban J connectivity index is -0.0000000886. The summed E-state index contributed by atoms with van der Waals surface area (Å²) in [6.07, 6.45) is 0. The Labute approximate surface area is 90.8 Å². The summed E-state index contributed by atoms with van der Waals surface area (Å²) in [6, 6.07) is 0. The molecule has 2 N–H and O–H groups in total. The van der Waals surface area contributed by atoms with Crippen molar-refractivity contribution in [2.75, 3.05) is 24.7 Å². The zero-order valence-electron chi connectivity index (χ0n) is 7.04. The summed E-state index contributed by atoms with van der Waals surface area (Å²) in [6.45, 7) is 0.269. The van der Waals surface area contributed by atoms with Crippen LogP contribution in [0, 0.1) is 0 Å². The van der Waals surface area contributed by atoms with Gasteiger partial charge in [-0.05, 0) is 0 Å².